The number of amides is 3. The lowest BCUT2D eigenvalue weighted by Crippen LogP contribution is -2.55. The molecule has 1 aromatic heterocycles. The molecule has 3 amide bonds. The van der Waals surface area contributed by atoms with E-state index in [-0.39, 0.29) is 30.2 Å². The van der Waals surface area contributed by atoms with Gasteiger partial charge >= 0.3 is 0 Å². The Hall–Kier alpha value is -3.78. The first-order valence-corrected chi connectivity index (χ1v) is 11.8. The molecule has 35 heavy (non-hydrogen) atoms. The van der Waals surface area contributed by atoms with Crippen molar-refractivity contribution in [2.24, 2.45) is 5.92 Å². The van der Waals surface area contributed by atoms with Gasteiger partial charge in [0.2, 0.25) is 11.8 Å². The lowest BCUT2D eigenvalue weighted by Gasteiger charge is -2.31. The van der Waals surface area contributed by atoms with E-state index in [0.717, 1.165) is 21.9 Å². The van der Waals surface area contributed by atoms with Crippen LogP contribution in [0.1, 0.15) is 37.9 Å². The minimum absolute atomic E-state index is 0.164. The zero-order valence-electron chi connectivity index (χ0n) is 20.4. The number of benzene rings is 2. The Morgan fingerprint density at radius 2 is 1.71 bits per heavy atom. The summed E-state index contributed by atoms with van der Waals surface area (Å²) in [4.78, 5) is 45.9. The van der Waals surface area contributed by atoms with Crippen molar-refractivity contribution in [1.82, 2.24) is 20.5 Å². The van der Waals surface area contributed by atoms with Crippen LogP contribution in [0.2, 0.25) is 0 Å². The number of rotatable bonds is 7. The molecule has 2 unspecified atom stereocenters. The van der Waals surface area contributed by atoms with Crippen LogP contribution in [-0.4, -0.2) is 46.7 Å². The van der Waals surface area contributed by atoms with Gasteiger partial charge in [-0.15, -0.1) is 0 Å². The number of fused-ring (bicyclic) bond motifs is 2. The van der Waals surface area contributed by atoms with Crippen molar-refractivity contribution in [2.45, 2.75) is 45.4 Å². The largest absolute Gasteiger partial charge is 0.343 e. The number of nitrogens with one attached hydrogen (secondary N) is 3. The number of aromatic nitrogens is 1. The van der Waals surface area contributed by atoms with Crippen LogP contribution in [0, 0.1) is 5.92 Å². The number of hydrogen-bond acceptors (Lipinski definition) is 5. The second-order valence-corrected chi connectivity index (χ2v) is 9.18. The molecule has 8 heteroatoms. The Labute approximate surface area is 205 Å². The van der Waals surface area contributed by atoms with E-state index in [1.807, 2.05) is 68.4 Å². The molecule has 0 saturated carbocycles. The Morgan fingerprint density at radius 1 is 1.00 bits per heavy atom. The number of pyridine rings is 1. The Morgan fingerprint density at radius 3 is 2.46 bits per heavy atom. The molecule has 1 aliphatic rings. The maximum absolute atomic E-state index is 13.8. The summed E-state index contributed by atoms with van der Waals surface area (Å²) in [5, 5.41) is 10.5. The van der Waals surface area contributed by atoms with Crippen LogP contribution in [0.25, 0.3) is 10.8 Å². The Kier molecular flexibility index (Phi) is 7.12. The Bertz CT molecular complexity index is 1250. The Balaban J connectivity index is 1.65. The van der Waals surface area contributed by atoms with Crippen LogP contribution < -0.4 is 16.0 Å². The average Bonchev–Trinajstić information content (AvgIpc) is 3.26. The predicted octanol–water partition coefficient (Wildman–Crippen LogP) is 3.01. The van der Waals surface area contributed by atoms with Crippen LogP contribution >= 0.6 is 0 Å². The topological polar surface area (TPSA) is 103 Å². The molecule has 3 atom stereocenters. The molecule has 1 aliphatic heterocycles. The van der Waals surface area contributed by atoms with Gasteiger partial charge in [-0.1, -0.05) is 62.4 Å². The molecule has 0 radical (unpaired) electrons. The molecule has 0 saturated heterocycles. The monoisotopic (exact) mass is 473 g/mol. The van der Waals surface area contributed by atoms with Gasteiger partial charge in [0.25, 0.3) is 5.91 Å². The molecule has 0 bridgehead atoms. The van der Waals surface area contributed by atoms with Crippen LogP contribution in [-0.2, 0) is 20.9 Å². The quantitative estimate of drug-likeness (QED) is 0.490. The summed E-state index contributed by atoms with van der Waals surface area (Å²) in [6.45, 7) is 5.78. The summed E-state index contributed by atoms with van der Waals surface area (Å²) in [7, 11) is 1.69. The van der Waals surface area contributed by atoms with Gasteiger partial charge in [0.1, 0.15) is 17.9 Å². The first-order valence-electron chi connectivity index (χ1n) is 11.8. The van der Waals surface area contributed by atoms with Crippen molar-refractivity contribution in [2.75, 3.05) is 12.4 Å². The normalized spacial score (nSPS) is 16.6. The highest BCUT2D eigenvalue weighted by molar-refractivity contribution is 6.04. The van der Waals surface area contributed by atoms with Gasteiger partial charge < -0.3 is 20.9 Å². The van der Waals surface area contributed by atoms with E-state index in [1.165, 1.54) is 0 Å². The van der Waals surface area contributed by atoms with Crippen molar-refractivity contribution in [3.8, 4) is 0 Å². The molecule has 182 valence electrons. The van der Waals surface area contributed by atoms with Crippen LogP contribution in [0.3, 0.4) is 0 Å². The molecule has 3 N–H and O–H groups in total. The van der Waals surface area contributed by atoms with E-state index in [2.05, 4.69) is 20.9 Å². The summed E-state index contributed by atoms with van der Waals surface area (Å²) in [6, 6.07) is 15.1. The van der Waals surface area contributed by atoms with E-state index >= 15 is 0 Å². The first kappa shape index (κ1) is 24.3. The summed E-state index contributed by atoms with van der Waals surface area (Å²) < 4.78 is 0. The van der Waals surface area contributed by atoms with Gasteiger partial charge in [0.15, 0.2) is 0 Å². The predicted molar refractivity (Wildman–Crippen MR) is 135 cm³/mol. The number of likely N-dealkylation sites (N-methyl/N-ethyl adjacent to an activating group) is 1. The van der Waals surface area contributed by atoms with Crippen molar-refractivity contribution in [3.63, 3.8) is 0 Å². The van der Waals surface area contributed by atoms with Gasteiger partial charge in [-0.25, -0.2) is 4.98 Å². The minimum atomic E-state index is -0.834. The second kappa shape index (κ2) is 10.2. The molecule has 2 heterocycles. The van der Waals surface area contributed by atoms with Crippen LogP contribution in [0.15, 0.2) is 60.8 Å². The number of hydrogen-bond donors (Lipinski definition) is 3. The molecule has 3 aromatic rings. The summed E-state index contributed by atoms with van der Waals surface area (Å²) in [5.74, 6) is -0.621. The first-order chi connectivity index (χ1) is 16.8. The van der Waals surface area contributed by atoms with Gasteiger partial charge in [0.05, 0.1) is 6.04 Å². The molecule has 8 nitrogen and oxygen atoms in total. The van der Waals surface area contributed by atoms with E-state index in [9.17, 15) is 14.4 Å². The average molecular weight is 474 g/mol. The summed E-state index contributed by atoms with van der Waals surface area (Å²) in [5.41, 5.74) is 1.68. The highest BCUT2D eigenvalue weighted by Gasteiger charge is 2.42. The number of carbonyl (C=O) groups excluding carboxylic acids is 3. The van der Waals surface area contributed by atoms with Crippen LogP contribution in [0.4, 0.5) is 5.82 Å². The zero-order valence-corrected chi connectivity index (χ0v) is 20.4. The third-order valence-corrected chi connectivity index (χ3v) is 6.51. The van der Waals surface area contributed by atoms with Crippen molar-refractivity contribution < 1.29 is 14.4 Å². The third-order valence-electron chi connectivity index (χ3n) is 6.51. The fraction of sp³-hybridized carbons (Fsp3) is 0.333. The molecule has 0 fully saturated rings. The van der Waals surface area contributed by atoms with E-state index in [0.29, 0.717) is 5.82 Å². The molecular formula is C27H31N5O3. The number of anilines is 1. The number of nitrogens with zero attached hydrogens (tertiary/aromatic N) is 2. The van der Waals surface area contributed by atoms with Crippen molar-refractivity contribution in [3.05, 3.63) is 71.9 Å². The minimum Gasteiger partial charge on any atom is -0.343 e. The van der Waals surface area contributed by atoms with E-state index in [1.54, 1.807) is 25.1 Å². The maximum Gasteiger partial charge on any atom is 0.253 e. The highest BCUT2D eigenvalue weighted by atomic mass is 16.2. The fourth-order valence-electron chi connectivity index (χ4n) is 4.38. The summed E-state index contributed by atoms with van der Waals surface area (Å²) in [6.07, 6.45) is 1.65. The van der Waals surface area contributed by atoms with Crippen molar-refractivity contribution >= 4 is 34.3 Å². The van der Waals surface area contributed by atoms with Gasteiger partial charge in [-0.3, -0.25) is 14.4 Å². The lowest BCUT2D eigenvalue weighted by atomic mass is 10.0. The molecule has 4 rings (SSSR count). The smallest absolute Gasteiger partial charge is 0.253 e. The third kappa shape index (κ3) is 4.88. The zero-order chi connectivity index (χ0) is 25.1. The van der Waals surface area contributed by atoms with E-state index in [4.69, 9.17) is 0 Å². The van der Waals surface area contributed by atoms with E-state index < -0.39 is 18.1 Å². The standard InChI is InChI=1S/C27H31N5O3/c1-16(2)22(30-25(33)17(3)28-4)27(35)32-15-19-10-6-7-11-20(19)23(32)26(34)31-24-21-12-8-5-9-18(21)13-14-29-24/h5-14,16-17,22-23,28H,15H2,1-4H3,(H,30,33)(H,29,31,34)/t17-,22?,23?/m0/s1. The molecular weight excluding hydrogens is 442 g/mol. The summed E-state index contributed by atoms with van der Waals surface area (Å²) >= 11 is 0. The van der Waals surface area contributed by atoms with Gasteiger partial charge in [-0.05, 0) is 42.5 Å². The maximum atomic E-state index is 13.8. The molecule has 0 spiro atoms. The van der Waals surface area contributed by atoms with Gasteiger partial charge in [0, 0.05) is 18.1 Å². The highest BCUT2D eigenvalue weighted by Crippen LogP contribution is 2.36. The number of carbonyl (C=O) groups is 3. The van der Waals surface area contributed by atoms with Gasteiger partial charge in [-0.2, -0.15) is 0 Å². The molecule has 0 aliphatic carbocycles. The second-order valence-electron chi connectivity index (χ2n) is 9.18. The molecule has 2 aromatic carbocycles. The SMILES string of the molecule is CN[C@@H](C)C(=O)NC(C(=O)N1Cc2ccccc2C1C(=O)Nc1nccc2ccccc12)C(C)C. The van der Waals surface area contributed by atoms with Crippen molar-refractivity contribution in [1.29, 1.82) is 0 Å². The lowest BCUT2D eigenvalue weighted by molar-refractivity contribution is -0.143. The van der Waals surface area contributed by atoms with Crippen LogP contribution in [0.5, 0.6) is 0 Å². The fourth-order valence-corrected chi connectivity index (χ4v) is 4.38.